The van der Waals surface area contributed by atoms with Crippen molar-refractivity contribution < 1.29 is 13.2 Å². The molecule has 0 unspecified atom stereocenters. The normalized spacial score (nSPS) is 11.0. The number of hydrogen-bond donors (Lipinski definition) is 2. The molecule has 0 aliphatic rings. The van der Waals surface area contributed by atoms with Crippen molar-refractivity contribution in [2.24, 2.45) is 5.10 Å². The van der Waals surface area contributed by atoms with Crippen molar-refractivity contribution in [3.8, 4) is 0 Å². The molecular weight excluding hydrogens is 382 g/mol. The van der Waals surface area contributed by atoms with Crippen LogP contribution < -0.4 is 10.1 Å². The van der Waals surface area contributed by atoms with Crippen LogP contribution in [0.1, 0.15) is 11.1 Å². The third-order valence-corrected chi connectivity index (χ3v) is 6.37. The molecule has 27 heavy (non-hydrogen) atoms. The van der Waals surface area contributed by atoms with Crippen LogP contribution in [-0.2, 0) is 14.8 Å². The number of hydrazone groups is 1. The zero-order valence-electron chi connectivity index (χ0n) is 14.2. The van der Waals surface area contributed by atoms with Crippen LogP contribution in [0.3, 0.4) is 0 Å². The molecule has 0 radical (unpaired) electrons. The summed E-state index contributed by atoms with van der Waals surface area (Å²) in [6, 6.07) is 22.0. The van der Waals surface area contributed by atoms with Gasteiger partial charge in [0.25, 0.3) is 15.9 Å². The summed E-state index contributed by atoms with van der Waals surface area (Å²) in [6.45, 7) is -0.402. The van der Waals surface area contributed by atoms with Crippen molar-refractivity contribution in [2.45, 2.75) is 4.21 Å². The van der Waals surface area contributed by atoms with Crippen LogP contribution in [0.25, 0.3) is 0 Å². The molecule has 138 valence electrons. The number of carbonyl (C=O) groups excluding carboxylic acids is 1. The molecule has 1 aromatic heterocycles. The summed E-state index contributed by atoms with van der Waals surface area (Å²) in [4.78, 5) is 12.1. The molecule has 8 heteroatoms. The minimum Gasteiger partial charge on any atom is -0.272 e. The number of nitrogens with zero attached hydrogens (tertiary/aromatic N) is 1. The van der Waals surface area contributed by atoms with Crippen molar-refractivity contribution in [3.05, 3.63) is 89.3 Å². The second-order valence-corrected chi connectivity index (χ2v) is 8.43. The molecule has 2 aromatic carbocycles. The average Bonchev–Trinajstić information content (AvgIpc) is 3.24. The first kappa shape index (κ1) is 19.0. The van der Waals surface area contributed by atoms with Crippen LogP contribution in [0.2, 0.25) is 0 Å². The van der Waals surface area contributed by atoms with Gasteiger partial charge in [-0.2, -0.15) is 5.10 Å². The minimum atomic E-state index is -3.70. The van der Waals surface area contributed by atoms with Gasteiger partial charge in [0.2, 0.25) is 0 Å². The van der Waals surface area contributed by atoms with E-state index in [-0.39, 0.29) is 4.21 Å². The van der Waals surface area contributed by atoms with E-state index in [1.807, 2.05) is 60.7 Å². The van der Waals surface area contributed by atoms with Gasteiger partial charge in [0.15, 0.2) is 0 Å². The molecule has 3 rings (SSSR count). The molecular formula is C19H17N3O3S2. The number of nitrogens with one attached hydrogen (secondary N) is 2. The Morgan fingerprint density at radius 2 is 1.48 bits per heavy atom. The lowest BCUT2D eigenvalue weighted by Crippen LogP contribution is -2.35. The second kappa shape index (κ2) is 8.72. The summed E-state index contributed by atoms with van der Waals surface area (Å²) < 4.78 is 26.6. The number of benzene rings is 2. The monoisotopic (exact) mass is 399 g/mol. The Kier molecular flexibility index (Phi) is 6.12. The Labute approximate surface area is 161 Å². The molecule has 0 aliphatic carbocycles. The molecule has 0 bridgehead atoms. The van der Waals surface area contributed by atoms with E-state index in [1.54, 1.807) is 11.4 Å². The average molecular weight is 399 g/mol. The van der Waals surface area contributed by atoms with E-state index in [0.29, 0.717) is 5.71 Å². The topological polar surface area (TPSA) is 87.6 Å². The zero-order chi connectivity index (χ0) is 19.1. The Hall–Kier alpha value is -2.81. The highest BCUT2D eigenvalue weighted by atomic mass is 32.2. The van der Waals surface area contributed by atoms with Crippen LogP contribution in [-0.4, -0.2) is 26.6 Å². The minimum absolute atomic E-state index is 0.160. The molecule has 0 spiro atoms. The first-order chi connectivity index (χ1) is 13.1. The van der Waals surface area contributed by atoms with E-state index in [9.17, 15) is 13.2 Å². The SMILES string of the molecule is O=C(CNS(=O)(=O)c1cccs1)NN=C(c1ccccc1)c1ccccc1. The number of thiophene rings is 1. The van der Waals surface area contributed by atoms with Gasteiger partial charge in [-0.15, -0.1) is 11.3 Å². The summed E-state index contributed by atoms with van der Waals surface area (Å²) >= 11 is 1.08. The number of hydrogen-bond acceptors (Lipinski definition) is 5. The molecule has 0 aliphatic heterocycles. The number of rotatable bonds is 7. The van der Waals surface area contributed by atoms with Crippen LogP contribution in [0.5, 0.6) is 0 Å². The van der Waals surface area contributed by atoms with Gasteiger partial charge < -0.3 is 0 Å². The molecule has 1 heterocycles. The highest BCUT2D eigenvalue weighted by Crippen LogP contribution is 2.15. The Morgan fingerprint density at radius 1 is 0.889 bits per heavy atom. The number of amides is 1. The molecule has 2 N–H and O–H groups in total. The Bertz CT molecular complexity index is 975. The number of sulfonamides is 1. The predicted molar refractivity (Wildman–Crippen MR) is 106 cm³/mol. The van der Waals surface area contributed by atoms with Crippen molar-refractivity contribution in [3.63, 3.8) is 0 Å². The first-order valence-electron chi connectivity index (χ1n) is 8.07. The fourth-order valence-corrected chi connectivity index (χ4v) is 4.31. The van der Waals surface area contributed by atoms with E-state index >= 15 is 0 Å². The van der Waals surface area contributed by atoms with Gasteiger partial charge in [-0.05, 0) is 11.4 Å². The fourth-order valence-electron chi connectivity index (χ4n) is 2.29. The van der Waals surface area contributed by atoms with Gasteiger partial charge in [-0.3, -0.25) is 4.79 Å². The zero-order valence-corrected chi connectivity index (χ0v) is 15.8. The Morgan fingerprint density at radius 3 is 2.00 bits per heavy atom. The van der Waals surface area contributed by atoms with Gasteiger partial charge in [0.1, 0.15) is 4.21 Å². The largest absolute Gasteiger partial charge is 0.272 e. The van der Waals surface area contributed by atoms with E-state index < -0.39 is 22.5 Å². The molecule has 3 aromatic rings. The van der Waals surface area contributed by atoms with E-state index in [1.165, 1.54) is 6.07 Å². The maximum absolute atomic E-state index is 12.1. The lowest BCUT2D eigenvalue weighted by molar-refractivity contribution is -0.119. The van der Waals surface area contributed by atoms with Gasteiger partial charge in [0.05, 0.1) is 12.3 Å². The van der Waals surface area contributed by atoms with Crippen molar-refractivity contribution in [2.75, 3.05) is 6.54 Å². The van der Waals surface area contributed by atoms with Crippen LogP contribution in [0.4, 0.5) is 0 Å². The van der Waals surface area contributed by atoms with Crippen LogP contribution in [0, 0.1) is 0 Å². The standard InChI is InChI=1S/C19H17N3O3S2/c23-17(14-20-27(24,25)18-12-7-13-26-18)21-22-19(15-8-3-1-4-9-15)16-10-5-2-6-11-16/h1-13,20H,14H2,(H,21,23). The van der Waals surface area contributed by atoms with E-state index in [2.05, 4.69) is 15.2 Å². The van der Waals surface area contributed by atoms with Gasteiger partial charge in [-0.1, -0.05) is 66.7 Å². The van der Waals surface area contributed by atoms with Crippen molar-refractivity contribution >= 4 is 33.0 Å². The Balaban J connectivity index is 1.72. The maximum Gasteiger partial charge on any atom is 0.255 e. The van der Waals surface area contributed by atoms with E-state index in [4.69, 9.17) is 0 Å². The van der Waals surface area contributed by atoms with Crippen LogP contribution >= 0.6 is 11.3 Å². The van der Waals surface area contributed by atoms with Gasteiger partial charge in [-0.25, -0.2) is 18.6 Å². The third kappa shape index (κ3) is 5.10. The third-order valence-electron chi connectivity index (χ3n) is 3.57. The summed E-state index contributed by atoms with van der Waals surface area (Å²) in [5.74, 6) is -0.556. The maximum atomic E-state index is 12.1. The quantitative estimate of drug-likeness (QED) is 0.473. The highest BCUT2D eigenvalue weighted by molar-refractivity contribution is 7.91. The van der Waals surface area contributed by atoms with Gasteiger partial charge in [0, 0.05) is 11.1 Å². The van der Waals surface area contributed by atoms with Crippen molar-refractivity contribution in [1.29, 1.82) is 0 Å². The molecule has 0 saturated heterocycles. The molecule has 6 nitrogen and oxygen atoms in total. The molecule has 0 saturated carbocycles. The van der Waals surface area contributed by atoms with Crippen LogP contribution in [0.15, 0.2) is 87.5 Å². The summed E-state index contributed by atoms with van der Waals surface area (Å²) in [7, 11) is -3.70. The molecule has 0 atom stereocenters. The lowest BCUT2D eigenvalue weighted by Gasteiger charge is -2.08. The second-order valence-electron chi connectivity index (χ2n) is 5.48. The fraction of sp³-hybridized carbons (Fsp3) is 0.0526. The van der Waals surface area contributed by atoms with Gasteiger partial charge >= 0.3 is 0 Å². The number of carbonyl (C=O) groups is 1. The summed E-state index contributed by atoms with van der Waals surface area (Å²) in [5, 5.41) is 5.87. The lowest BCUT2D eigenvalue weighted by atomic mass is 10.0. The molecule has 0 fully saturated rings. The summed E-state index contributed by atoms with van der Waals surface area (Å²) in [5.41, 5.74) is 4.68. The predicted octanol–water partition coefficient (Wildman–Crippen LogP) is 2.60. The van der Waals surface area contributed by atoms with E-state index in [0.717, 1.165) is 22.5 Å². The highest BCUT2D eigenvalue weighted by Gasteiger charge is 2.16. The smallest absolute Gasteiger partial charge is 0.255 e. The first-order valence-corrected chi connectivity index (χ1v) is 10.4. The summed E-state index contributed by atoms with van der Waals surface area (Å²) in [6.07, 6.45) is 0. The van der Waals surface area contributed by atoms with Crippen molar-refractivity contribution in [1.82, 2.24) is 10.1 Å². The molecule has 1 amide bonds.